The molecule has 0 heterocycles. The Balaban J connectivity index is 0.00000196. The number of benzene rings is 2. The molecule has 2 aromatic rings. The van der Waals surface area contributed by atoms with Crippen molar-refractivity contribution in [1.29, 1.82) is 0 Å². The first-order valence-corrected chi connectivity index (χ1v) is 9.34. The maximum Gasteiger partial charge on any atom is 0.0692 e. The van der Waals surface area contributed by atoms with Gasteiger partial charge in [0, 0.05) is 28.3 Å². The summed E-state index contributed by atoms with van der Waals surface area (Å²) < 4.78 is 0. The van der Waals surface area contributed by atoms with Crippen LogP contribution in [0, 0.1) is 39.5 Å². The molecule has 0 aromatic heterocycles. The molecule has 2 aliphatic carbocycles. The molecular formula is C23H26N2Ni. The minimum absolute atomic E-state index is 0. The Hall–Kier alpha value is -1.73. The molecule has 2 atom stereocenters. The molecule has 4 rings (SSSR count). The fraction of sp³-hybridized carbons (Fsp3) is 0.391. The van der Waals surface area contributed by atoms with Crippen LogP contribution in [0.15, 0.2) is 46.4 Å². The first-order chi connectivity index (χ1) is 12.0. The molecule has 0 radical (unpaired) electrons. The van der Waals surface area contributed by atoms with Crippen LogP contribution in [0.1, 0.15) is 41.5 Å². The van der Waals surface area contributed by atoms with Crippen molar-refractivity contribution in [2.75, 3.05) is 0 Å². The maximum absolute atomic E-state index is 5.16. The van der Waals surface area contributed by atoms with Crippen molar-refractivity contribution < 1.29 is 16.5 Å². The van der Waals surface area contributed by atoms with Gasteiger partial charge in [0.05, 0.1) is 22.8 Å². The van der Waals surface area contributed by atoms with E-state index in [9.17, 15) is 0 Å². The normalized spacial score (nSPS) is 24.3. The first-order valence-electron chi connectivity index (χ1n) is 9.34. The Morgan fingerprint density at radius 3 is 1.35 bits per heavy atom. The molecule has 2 unspecified atom stereocenters. The number of hydrogen-bond acceptors (Lipinski definition) is 2. The quantitative estimate of drug-likeness (QED) is 0.547. The molecule has 2 bridgehead atoms. The fourth-order valence-corrected chi connectivity index (χ4v) is 4.40. The smallest absolute Gasteiger partial charge is 0.0692 e. The SMILES string of the molecule is Cc1cccc(C)c1N=C1C(=Nc2c(C)cccc2C)C2CCC1C2.[Ni]. The van der Waals surface area contributed by atoms with Gasteiger partial charge in [0.25, 0.3) is 0 Å². The topological polar surface area (TPSA) is 24.7 Å². The summed E-state index contributed by atoms with van der Waals surface area (Å²) in [5.41, 5.74) is 9.78. The number of nitrogens with zero attached hydrogens (tertiary/aromatic N) is 2. The van der Waals surface area contributed by atoms with E-state index in [4.69, 9.17) is 9.98 Å². The van der Waals surface area contributed by atoms with Crippen molar-refractivity contribution in [1.82, 2.24) is 0 Å². The standard InChI is InChI=1S/C23H26N2.Ni/c1-14-7-5-8-15(2)20(14)24-22-18-11-12-19(13-18)23(22)25-21-16(3)9-6-10-17(21)4;/h5-10,18-19H,11-13H2,1-4H3;. The summed E-state index contributed by atoms with van der Waals surface area (Å²) in [4.78, 5) is 10.3. The van der Waals surface area contributed by atoms with Gasteiger partial charge in [-0.3, -0.25) is 9.98 Å². The van der Waals surface area contributed by atoms with Crippen LogP contribution in [-0.4, -0.2) is 11.4 Å². The van der Waals surface area contributed by atoms with Gasteiger partial charge in [0.15, 0.2) is 0 Å². The summed E-state index contributed by atoms with van der Waals surface area (Å²) in [6, 6.07) is 12.8. The number of aryl methyl sites for hydroxylation is 4. The number of rotatable bonds is 2. The number of para-hydroxylation sites is 2. The average molecular weight is 389 g/mol. The first kappa shape index (κ1) is 19.0. The molecule has 26 heavy (non-hydrogen) atoms. The molecule has 0 saturated heterocycles. The van der Waals surface area contributed by atoms with Gasteiger partial charge in [-0.1, -0.05) is 36.4 Å². The van der Waals surface area contributed by atoms with E-state index < -0.39 is 0 Å². The van der Waals surface area contributed by atoms with E-state index in [2.05, 4.69) is 64.1 Å². The van der Waals surface area contributed by atoms with Crippen molar-refractivity contribution in [3.8, 4) is 0 Å². The largest absolute Gasteiger partial charge is 0.251 e. The molecule has 3 heteroatoms. The molecule has 2 saturated carbocycles. The van der Waals surface area contributed by atoms with Gasteiger partial charge in [0.1, 0.15) is 0 Å². The van der Waals surface area contributed by atoms with Crippen LogP contribution in [0.25, 0.3) is 0 Å². The van der Waals surface area contributed by atoms with E-state index in [1.165, 1.54) is 52.9 Å². The van der Waals surface area contributed by atoms with Crippen molar-refractivity contribution in [2.24, 2.45) is 21.8 Å². The summed E-state index contributed by atoms with van der Waals surface area (Å²) in [7, 11) is 0. The van der Waals surface area contributed by atoms with Crippen LogP contribution in [0.5, 0.6) is 0 Å². The summed E-state index contributed by atoms with van der Waals surface area (Å²) in [5.74, 6) is 1.18. The van der Waals surface area contributed by atoms with Crippen LogP contribution >= 0.6 is 0 Å². The third-order valence-corrected chi connectivity index (χ3v) is 5.81. The summed E-state index contributed by atoms with van der Waals surface area (Å²) in [5, 5.41) is 0. The molecule has 0 aliphatic heterocycles. The average Bonchev–Trinajstić information content (AvgIpc) is 3.16. The minimum atomic E-state index is 0. The molecular weight excluding hydrogens is 363 g/mol. The van der Waals surface area contributed by atoms with Crippen molar-refractivity contribution in [3.63, 3.8) is 0 Å². The third-order valence-electron chi connectivity index (χ3n) is 5.81. The Morgan fingerprint density at radius 1 is 0.654 bits per heavy atom. The van der Waals surface area contributed by atoms with E-state index in [0.717, 1.165) is 11.4 Å². The molecule has 0 spiro atoms. The summed E-state index contributed by atoms with van der Waals surface area (Å²) >= 11 is 0. The molecule has 2 aromatic carbocycles. The van der Waals surface area contributed by atoms with E-state index in [0.29, 0.717) is 11.8 Å². The minimum Gasteiger partial charge on any atom is -0.251 e. The monoisotopic (exact) mass is 388 g/mol. The zero-order chi connectivity index (χ0) is 17.6. The third kappa shape index (κ3) is 3.30. The van der Waals surface area contributed by atoms with Gasteiger partial charge in [-0.15, -0.1) is 0 Å². The van der Waals surface area contributed by atoms with Crippen LogP contribution in [0.3, 0.4) is 0 Å². The van der Waals surface area contributed by atoms with Gasteiger partial charge in [0.2, 0.25) is 0 Å². The van der Waals surface area contributed by atoms with E-state index >= 15 is 0 Å². The van der Waals surface area contributed by atoms with Crippen LogP contribution < -0.4 is 0 Å². The van der Waals surface area contributed by atoms with Gasteiger partial charge < -0.3 is 0 Å². The second-order valence-corrected chi connectivity index (χ2v) is 7.68. The van der Waals surface area contributed by atoms with Crippen LogP contribution in [0.4, 0.5) is 11.4 Å². The maximum atomic E-state index is 5.16. The zero-order valence-corrected chi connectivity index (χ0v) is 16.9. The fourth-order valence-electron chi connectivity index (χ4n) is 4.40. The van der Waals surface area contributed by atoms with Gasteiger partial charge in [-0.25, -0.2) is 0 Å². The van der Waals surface area contributed by atoms with Gasteiger partial charge in [-0.05, 0) is 69.2 Å². The Bertz CT molecular complexity index is 781. The molecule has 138 valence electrons. The predicted octanol–water partition coefficient (Wildman–Crippen LogP) is 6.19. The molecule has 2 aliphatic rings. The molecule has 0 N–H and O–H groups in total. The van der Waals surface area contributed by atoms with E-state index in [1.807, 2.05) is 0 Å². The van der Waals surface area contributed by atoms with Crippen molar-refractivity contribution >= 4 is 22.8 Å². The Morgan fingerprint density at radius 2 is 1.00 bits per heavy atom. The van der Waals surface area contributed by atoms with Crippen molar-refractivity contribution in [3.05, 3.63) is 58.7 Å². The molecule has 0 amide bonds. The van der Waals surface area contributed by atoms with Crippen LogP contribution in [0.2, 0.25) is 0 Å². The molecule has 2 nitrogen and oxygen atoms in total. The van der Waals surface area contributed by atoms with E-state index in [-0.39, 0.29) is 16.5 Å². The summed E-state index contributed by atoms with van der Waals surface area (Å²) in [6.45, 7) is 8.62. The van der Waals surface area contributed by atoms with Gasteiger partial charge in [-0.2, -0.15) is 0 Å². The summed E-state index contributed by atoms with van der Waals surface area (Å²) in [6.07, 6.45) is 3.76. The van der Waals surface area contributed by atoms with Crippen LogP contribution in [-0.2, 0) is 16.5 Å². The molecule has 2 fully saturated rings. The van der Waals surface area contributed by atoms with Crippen molar-refractivity contribution in [2.45, 2.75) is 47.0 Å². The predicted molar refractivity (Wildman–Crippen MR) is 107 cm³/mol. The number of fused-ring (bicyclic) bond motifs is 2. The zero-order valence-electron chi connectivity index (χ0n) is 16.0. The second-order valence-electron chi connectivity index (χ2n) is 7.68. The second kappa shape index (κ2) is 7.49. The Kier molecular flexibility index (Phi) is 5.48. The number of hydrogen-bond donors (Lipinski definition) is 0. The number of aliphatic imine (C=N–C) groups is 2. The Labute approximate surface area is 166 Å². The van der Waals surface area contributed by atoms with E-state index in [1.54, 1.807) is 0 Å². The van der Waals surface area contributed by atoms with Gasteiger partial charge >= 0.3 is 0 Å².